The molecule has 0 amide bonds. The Morgan fingerprint density at radius 2 is 2.42 bits per heavy atom. The highest BCUT2D eigenvalue weighted by Crippen LogP contribution is 2.27. The lowest BCUT2D eigenvalue weighted by Crippen LogP contribution is -1.93. The number of hydrogen-bond donors (Lipinski definition) is 0. The molecule has 0 fully saturated rings. The van der Waals surface area contributed by atoms with E-state index in [0.29, 0.717) is 22.2 Å². The number of pyridine rings is 1. The van der Waals surface area contributed by atoms with Crippen LogP contribution in [-0.4, -0.2) is 18.4 Å². The molecule has 0 N–H and O–H groups in total. The van der Waals surface area contributed by atoms with Crippen LogP contribution in [0.5, 0.6) is 5.75 Å². The van der Waals surface area contributed by atoms with E-state index in [0.717, 1.165) is 0 Å². The third kappa shape index (κ3) is 1.76. The van der Waals surface area contributed by atoms with E-state index in [1.165, 1.54) is 13.2 Å². The molecule has 1 aromatic rings. The largest absolute Gasteiger partial charge is 0.493 e. The molecule has 0 atom stereocenters. The molecule has 0 aliphatic heterocycles. The van der Waals surface area contributed by atoms with Gasteiger partial charge in [-0.3, -0.25) is 4.79 Å². The van der Waals surface area contributed by atoms with E-state index in [9.17, 15) is 4.79 Å². The smallest absolute Gasteiger partial charge is 0.172 e. The van der Waals surface area contributed by atoms with Crippen molar-refractivity contribution in [3.63, 3.8) is 0 Å². The Morgan fingerprint density at radius 1 is 1.75 bits per heavy atom. The van der Waals surface area contributed by atoms with E-state index in [-0.39, 0.29) is 5.15 Å². The van der Waals surface area contributed by atoms with Crippen LogP contribution in [0.3, 0.4) is 0 Å². The second-order valence-electron chi connectivity index (χ2n) is 1.98. The Hall–Kier alpha value is -0.610. The van der Waals surface area contributed by atoms with Crippen LogP contribution >= 0.6 is 27.5 Å². The first kappa shape index (κ1) is 9.48. The van der Waals surface area contributed by atoms with Crippen molar-refractivity contribution >= 4 is 33.8 Å². The summed E-state index contributed by atoms with van der Waals surface area (Å²) >= 11 is 8.80. The Morgan fingerprint density at radius 3 is 2.92 bits per heavy atom. The fourth-order valence-corrected chi connectivity index (χ4v) is 1.58. The normalized spacial score (nSPS) is 9.58. The predicted molar refractivity (Wildman–Crippen MR) is 48.9 cm³/mol. The van der Waals surface area contributed by atoms with Crippen LogP contribution in [0.2, 0.25) is 5.15 Å². The van der Waals surface area contributed by atoms with Gasteiger partial charge >= 0.3 is 0 Å². The maximum absolute atomic E-state index is 10.5. The maximum Gasteiger partial charge on any atom is 0.172 e. The molecule has 0 radical (unpaired) electrons. The van der Waals surface area contributed by atoms with Crippen LogP contribution < -0.4 is 4.74 Å². The molecule has 1 rings (SSSR count). The fourth-order valence-electron chi connectivity index (χ4n) is 0.779. The van der Waals surface area contributed by atoms with Gasteiger partial charge in [-0.15, -0.1) is 0 Å². The van der Waals surface area contributed by atoms with Crippen molar-refractivity contribution in [2.24, 2.45) is 0 Å². The molecule has 12 heavy (non-hydrogen) atoms. The molecule has 64 valence electrons. The molecule has 0 aliphatic rings. The molecule has 0 aliphatic carbocycles. The lowest BCUT2D eigenvalue weighted by molar-refractivity contribution is 0.112. The number of halogens is 2. The van der Waals surface area contributed by atoms with E-state index in [1.54, 1.807) is 0 Å². The standard InChI is InChI=1S/C7H5BrClNO2/c1-12-6-4(3-11)2-5(8)10-7(6)9/h2-3H,1H3. The van der Waals surface area contributed by atoms with Crippen LogP contribution in [0.4, 0.5) is 0 Å². The summed E-state index contributed by atoms with van der Waals surface area (Å²) in [5.41, 5.74) is 0.379. The molecule has 1 heterocycles. The van der Waals surface area contributed by atoms with Crippen LogP contribution in [0.25, 0.3) is 0 Å². The summed E-state index contributed by atoms with van der Waals surface area (Å²) in [6.07, 6.45) is 0.664. The number of carbonyl (C=O) groups is 1. The van der Waals surface area contributed by atoms with Gasteiger partial charge in [-0.05, 0) is 22.0 Å². The van der Waals surface area contributed by atoms with Crippen molar-refractivity contribution in [3.05, 3.63) is 21.4 Å². The van der Waals surface area contributed by atoms with E-state index < -0.39 is 0 Å². The third-order valence-electron chi connectivity index (χ3n) is 1.26. The zero-order valence-corrected chi connectivity index (χ0v) is 8.52. The second-order valence-corrected chi connectivity index (χ2v) is 3.15. The highest BCUT2D eigenvalue weighted by Gasteiger charge is 2.09. The maximum atomic E-state index is 10.5. The van der Waals surface area contributed by atoms with Crippen molar-refractivity contribution in [2.75, 3.05) is 7.11 Å². The van der Waals surface area contributed by atoms with Crippen molar-refractivity contribution < 1.29 is 9.53 Å². The molecule has 0 spiro atoms. The van der Waals surface area contributed by atoms with E-state index >= 15 is 0 Å². The van der Waals surface area contributed by atoms with E-state index in [1.807, 2.05) is 0 Å². The summed E-state index contributed by atoms with van der Waals surface area (Å²) < 4.78 is 5.39. The summed E-state index contributed by atoms with van der Waals surface area (Å²) in [6.45, 7) is 0. The molecule has 3 nitrogen and oxygen atoms in total. The Balaban J connectivity index is 3.33. The van der Waals surface area contributed by atoms with Gasteiger partial charge in [0.05, 0.1) is 12.7 Å². The van der Waals surface area contributed by atoms with Crippen LogP contribution in [-0.2, 0) is 0 Å². The highest BCUT2D eigenvalue weighted by atomic mass is 79.9. The van der Waals surface area contributed by atoms with Crippen molar-refractivity contribution in [1.82, 2.24) is 4.98 Å². The zero-order chi connectivity index (χ0) is 9.14. The Kier molecular flexibility index (Phi) is 3.05. The number of methoxy groups -OCH3 is 1. The predicted octanol–water partition coefficient (Wildman–Crippen LogP) is 2.32. The van der Waals surface area contributed by atoms with Gasteiger partial charge in [-0.25, -0.2) is 4.98 Å². The summed E-state index contributed by atoms with van der Waals surface area (Å²) in [5.74, 6) is 0.301. The quantitative estimate of drug-likeness (QED) is 0.597. The minimum Gasteiger partial charge on any atom is -0.493 e. The van der Waals surface area contributed by atoms with Gasteiger partial charge in [0.1, 0.15) is 4.60 Å². The number of carbonyl (C=O) groups excluding carboxylic acids is 1. The lowest BCUT2D eigenvalue weighted by Gasteiger charge is -2.04. The van der Waals surface area contributed by atoms with Gasteiger partial charge in [0.15, 0.2) is 17.2 Å². The topological polar surface area (TPSA) is 39.2 Å². The van der Waals surface area contributed by atoms with Crippen molar-refractivity contribution in [2.45, 2.75) is 0 Å². The third-order valence-corrected chi connectivity index (χ3v) is 1.92. The molecule has 5 heteroatoms. The molecule has 1 aromatic heterocycles. The van der Waals surface area contributed by atoms with Gasteiger partial charge < -0.3 is 4.74 Å². The van der Waals surface area contributed by atoms with Crippen molar-refractivity contribution in [3.8, 4) is 5.75 Å². The number of hydrogen-bond acceptors (Lipinski definition) is 3. The van der Waals surface area contributed by atoms with E-state index in [2.05, 4.69) is 20.9 Å². The summed E-state index contributed by atoms with van der Waals surface area (Å²) in [4.78, 5) is 14.4. The minimum atomic E-state index is 0.175. The first-order valence-corrected chi connectivity index (χ1v) is 4.21. The molecule has 0 saturated carbocycles. The number of nitrogens with zero attached hydrogens (tertiary/aromatic N) is 1. The van der Waals surface area contributed by atoms with Crippen LogP contribution in [0.1, 0.15) is 10.4 Å². The van der Waals surface area contributed by atoms with Gasteiger partial charge in [-0.2, -0.15) is 0 Å². The molecular weight excluding hydrogens is 245 g/mol. The number of aromatic nitrogens is 1. The Labute approximate surface area is 82.8 Å². The SMILES string of the molecule is COc1c(C=O)cc(Br)nc1Cl. The average molecular weight is 250 g/mol. The second kappa shape index (κ2) is 3.87. The van der Waals surface area contributed by atoms with Crippen LogP contribution in [0, 0.1) is 0 Å². The number of ether oxygens (including phenoxy) is 1. The van der Waals surface area contributed by atoms with Gasteiger partial charge in [-0.1, -0.05) is 11.6 Å². The van der Waals surface area contributed by atoms with Gasteiger partial charge in [0, 0.05) is 0 Å². The first-order valence-electron chi connectivity index (χ1n) is 3.04. The van der Waals surface area contributed by atoms with Gasteiger partial charge in [0.25, 0.3) is 0 Å². The Bertz CT molecular complexity index is 317. The van der Waals surface area contributed by atoms with Gasteiger partial charge in [0.2, 0.25) is 0 Å². The fraction of sp³-hybridized carbons (Fsp3) is 0.143. The summed E-state index contributed by atoms with van der Waals surface area (Å²) in [5, 5.41) is 0.175. The van der Waals surface area contributed by atoms with Crippen molar-refractivity contribution in [1.29, 1.82) is 0 Å². The summed E-state index contributed by atoms with van der Waals surface area (Å²) in [6, 6.07) is 1.54. The van der Waals surface area contributed by atoms with Crippen LogP contribution in [0.15, 0.2) is 10.7 Å². The number of rotatable bonds is 2. The monoisotopic (exact) mass is 249 g/mol. The molecule has 0 saturated heterocycles. The number of aldehydes is 1. The molecule has 0 bridgehead atoms. The lowest BCUT2D eigenvalue weighted by atomic mass is 10.3. The first-order chi connectivity index (χ1) is 5.69. The molecule has 0 aromatic carbocycles. The minimum absolute atomic E-state index is 0.175. The average Bonchev–Trinajstić information content (AvgIpc) is 2.03. The highest BCUT2D eigenvalue weighted by molar-refractivity contribution is 9.10. The van der Waals surface area contributed by atoms with E-state index in [4.69, 9.17) is 16.3 Å². The zero-order valence-electron chi connectivity index (χ0n) is 6.17. The summed E-state index contributed by atoms with van der Waals surface area (Å²) in [7, 11) is 1.43. The molecular formula is C7H5BrClNO2. The molecule has 0 unspecified atom stereocenters.